The Morgan fingerprint density at radius 2 is 2.00 bits per heavy atom. The van der Waals surface area contributed by atoms with Crippen LogP contribution in [0.25, 0.3) is 0 Å². The molecular formula is C16H32N2O2. The molecule has 0 aromatic carbocycles. The third-order valence-corrected chi connectivity index (χ3v) is 4.04. The molecule has 1 N–H and O–H groups in total. The van der Waals surface area contributed by atoms with E-state index in [-0.39, 0.29) is 18.1 Å². The van der Waals surface area contributed by atoms with Gasteiger partial charge < -0.3 is 9.64 Å². The standard InChI is InChI=1S/C16H32N2O2/c1-6-13(5)15-16(19)18(14(7-2)17-15)9-8-10-20-11-12(3)4/h12-15,17H,6-11H2,1-5H3. The summed E-state index contributed by atoms with van der Waals surface area (Å²) in [7, 11) is 0. The van der Waals surface area contributed by atoms with Crippen molar-refractivity contribution < 1.29 is 9.53 Å². The van der Waals surface area contributed by atoms with E-state index in [0.717, 1.165) is 39.0 Å². The predicted octanol–water partition coefficient (Wildman–Crippen LogP) is 2.63. The van der Waals surface area contributed by atoms with Crippen LogP contribution in [-0.2, 0) is 9.53 Å². The topological polar surface area (TPSA) is 41.6 Å². The Bertz CT molecular complexity index is 294. The summed E-state index contributed by atoms with van der Waals surface area (Å²) in [6.07, 6.45) is 3.12. The first-order valence-corrected chi connectivity index (χ1v) is 8.15. The van der Waals surface area contributed by atoms with Crippen LogP contribution in [0.15, 0.2) is 0 Å². The zero-order chi connectivity index (χ0) is 15.1. The van der Waals surface area contributed by atoms with E-state index in [9.17, 15) is 4.79 Å². The zero-order valence-corrected chi connectivity index (χ0v) is 13.8. The molecule has 1 fully saturated rings. The van der Waals surface area contributed by atoms with Crippen molar-refractivity contribution in [3.63, 3.8) is 0 Å². The molecule has 4 heteroatoms. The van der Waals surface area contributed by atoms with Crippen LogP contribution < -0.4 is 5.32 Å². The van der Waals surface area contributed by atoms with Gasteiger partial charge in [-0.15, -0.1) is 0 Å². The summed E-state index contributed by atoms with van der Waals surface area (Å²) in [4.78, 5) is 14.5. The first-order chi connectivity index (χ1) is 9.51. The summed E-state index contributed by atoms with van der Waals surface area (Å²) in [5.41, 5.74) is 0. The first kappa shape index (κ1) is 17.4. The van der Waals surface area contributed by atoms with Crippen LogP contribution in [0.2, 0.25) is 0 Å². The molecule has 1 rings (SSSR count). The second-order valence-corrected chi connectivity index (χ2v) is 6.31. The van der Waals surface area contributed by atoms with E-state index in [1.54, 1.807) is 0 Å². The molecule has 0 aromatic heterocycles. The Morgan fingerprint density at radius 3 is 2.55 bits per heavy atom. The van der Waals surface area contributed by atoms with Crippen LogP contribution in [-0.4, -0.2) is 42.8 Å². The van der Waals surface area contributed by atoms with Gasteiger partial charge in [0, 0.05) is 19.8 Å². The fourth-order valence-electron chi connectivity index (χ4n) is 2.60. The van der Waals surface area contributed by atoms with Gasteiger partial charge in [0.05, 0.1) is 12.2 Å². The minimum absolute atomic E-state index is 0.00142. The van der Waals surface area contributed by atoms with Crippen LogP contribution >= 0.6 is 0 Å². The monoisotopic (exact) mass is 284 g/mol. The molecule has 118 valence electrons. The number of hydrogen-bond acceptors (Lipinski definition) is 3. The van der Waals surface area contributed by atoms with Crippen LogP contribution in [0.5, 0.6) is 0 Å². The molecule has 1 aliphatic heterocycles. The van der Waals surface area contributed by atoms with Crippen molar-refractivity contribution in [2.45, 2.75) is 66.1 Å². The molecule has 1 heterocycles. The molecule has 4 nitrogen and oxygen atoms in total. The van der Waals surface area contributed by atoms with Gasteiger partial charge in [0.25, 0.3) is 0 Å². The Hall–Kier alpha value is -0.610. The van der Waals surface area contributed by atoms with Crippen LogP contribution in [0.4, 0.5) is 0 Å². The third-order valence-electron chi connectivity index (χ3n) is 4.04. The first-order valence-electron chi connectivity index (χ1n) is 8.15. The summed E-state index contributed by atoms with van der Waals surface area (Å²) in [6.45, 7) is 13.1. The van der Waals surface area contributed by atoms with Crippen molar-refractivity contribution in [3.05, 3.63) is 0 Å². The van der Waals surface area contributed by atoms with E-state index in [1.807, 2.05) is 4.90 Å². The van der Waals surface area contributed by atoms with Crippen LogP contribution in [0, 0.1) is 11.8 Å². The molecule has 0 aromatic rings. The molecule has 1 amide bonds. The second kappa shape index (κ2) is 8.63. The Morgan fingerprint density at radius 1 is 1.30 bits per heavy atom. The van der Waals surface area contributed by atoms with Crippen molar-refractivity contribution in [2.75, 3.05) is 19.8 Å². The highest BCUT2D eigenvalue weighted by molar-refractivity contribution is 5.84. The number of amides is 1. The van der Waals surface area contributed by atoms with E-state index in [1.165, 1.54) is 0 Å². The lowest BCUT2D eigenvalue weighted by Gasteiger charge is -2.23. The van der Waals surface area contributed by atoms with E-state index in [4.69, 9.17) is 4.74 Å². The number of ether oxygens (including phenoxy) is 1. The van der Waals surface area contributed by atoms with Gasteiger partial charge in [0.1, 0.15) is 0 Å². The highest BCUT2D eigenvalue weighted by Crippen LogP contribution is 2.21. The maximum absolute atomic E-state index is 12.5. The quantitative estimate of drug-likeness (QED) is 0.662. The van der Waals surface area contributed by atoms with E-state index < -0.39 is 0 Å². The molecular weight excluding hydrogens is 252 g/mol. The smallest absolute Gasteiger partial charge is 0.241 e. The average Bonchev–Trinajstić information content (AvgIpc) is 2.74. The highest BCUT2D eigenvalue weighted by atomic mass is 16.5. The van der Waals surface area contributed by atoms with Gasteiger partial charge in [-0.2, -0.15) is 0 Å². The molecule has 0 saturated carbocycles. The molecule has 3 unspecified atom stereocenters. The summed E-state index contributed by atoms with van der Waals surface area (Å²) in [5, 5.41) is 3.49. The van der Waals surface area contributed by atoms with E-state index >= 15 is 0 Å². The van der Waals surface area contributed by atoms with Gasteiger partial charge in [-0.1, -0.05) is 41.0 Å². The molecule has 0 bridgehead atoms. The minimum atomic E-state index is 0.00142. The minimum Gasteiger partial charge on any atom is -0.381 e. The lowest BCUT2D eigenvalue weighted by Crippen LogP contribution is -2.37. The van der Waals surface area contributed by atoms with Gasteiger partial charge in [0.15, 0.2) is 0 Å². The van der Waals surface area contributed by atoms with Crippen LogP contribution in [0.1, 0.15) is 53.9 Å². The van der Waals surface area contributed by atoms with Crippen molar-refractivity contribution in [3.8, 4) is 0 Å². The number of nitrogens with one attached hydrogen (secondary N) is 1. The number of hydrogen-bond donors (Lipinski definition) is 1. The lowest BCUT2D eigenvalue weighted by molar-refractivity contribution is -0.131. The predicted molar refractivity (Wildman–Crippen MR) is 82.4 cm³/mol. The average molecular weight is 284 g/mol. The molecule has 0 radical (unpaired) electrons. The summed E-state index contributed by atoms with van der Waals surface area (Å²) in [5.74, 6) is 1.25. The highest BCUT2D eigenvalue weighted by Gasteiger charge is 2.39. The zero-order valence-electron chi connectivity index (χ0n) is 13.8. The van der Waals surface area contributed by atoms with E-state index in [0.29, 0.717) is 11.8 Å². The van der Waals surface area contributed by atoms with Crippen molar-refractivity contribution in [2.24, 2.45) is 11.8 Å². The Kier molecular flexibility index (Phi) is 7.52. The maximum atomic E-state index is 12.5. The molecule has 0 aliphatic carbocycles. The SMILES string of the molecule is CCC(C)C1NC(CC)N(CCCOCC(C)C)C1=O. The number of rotatable bonds is 9. The van der Waals surface area contributed by atoms with E-state index in [2.05, 4.69) is 39.9 Å². The van der Waals surface area contributed by atoms with Crippen molar-refractivity contribution >= 4 is 5.91 Å². The number of nitrogens with zero attached hydrogens (tertiary/aromatic N) is 1. The Balaban J connectivity index is 2.40. The summed E-state index contributed by atoms with van der Waals surface area (Å²) < 4.78 is 5.60. The molecule has 20 heavy (non-hydrogen) atoms. The fourth-order valence-corrected chi connectivity index (χ4v) is 2.60. The fraction of sp³-hybridized carbons (Fsp3) is 0.938. The molecule has 1 aliphatic rings. The van der Waals surface area contributed by atoms with Crippen LogP contribution in [0.3, 0.4) is 0 Å². The third kappa shape index (κ3) is 4.74. The second-order valence-electron chi connectivity index (χ2n) is 6.31. The van der Waals surface area contributed by atoms with Crippen molar-refractivity contribution in [1.82, 2.24) is 10.2 Å². The molecule has 0 spiro atoms. The summed E-state index contributed by atoms with van der Waals surface area (Å²) in [6, 6.07) is 0.00142. The maximum Gasteiger partial charge on any atom is 0.241 e. The molecule has 3 atom stereocenters. The van der Waals surface area contributed by atoms with Gasteiger partial charge in [-0.25, -0.2) is 0 Å². The Labute approximate surface area is 124 Å². The lowest BCUT2D eigenvalue weighted by atomic mass is 9.99. The van der Waals surface area contributed by atoms with Gasteiger partial charge >= 0.3 is 0 Å². The largest absolute Gasteiger partial charge is 0.381 e. The molecule has 1 saturated heterocycles. The van der Waals surface area contributed by atoms with Crippen molar-refractivity contribution in [1.29, 1.82) is 0 Å². The summed E-state index contributed by atoms with van der Waals surface area (Å²) >= 11 is 0. The van der Waals surface area contributed by atoms with Gasteiger partial charge in [-0.05, 0) is 24.7 Å². The number of carbonyl (C=O) groups is 1. The normalized spacial score (nSPS) is 24.7. The van der Waals surface area contributed by atoms with Gasteiger partial charge in [0.2, 0.25) is 5.91 Å². The number of carbonyl (C=O) groups excluding carboxylic acids is 1. The van der Waals surface area contributed by atoms with Gasteiger partial charge in [-0.3, -0.25) is 10.1 Å².